The summed E-state index contributed by atoms with van der Waals surface area (Å²) in [5.41, 5.74) is 1.16. The predicted molar refractivity (Wildman–Crippen MR) is 69.3 cm³/mol. The van der Waals surface area contributed by atoms with Crippen molar-refractivity contribution in [1.29, 1.82) is 0 Å². The van der Waals surface area contributed by atoms with Crippen molar-refractivity contribution in [2.45, 2.75) is 26.5 Å². The van der Waals surface area contributed by atoms with E-state index in [1.165, 1.54) is 0 Å². The summed E-state index contributed by atoms with van der Waals surface area (Å²) in [5.74, 6) is 1.41. The molecule has 0 atom stereocenters. The van der Waals surface area contributed by atoms with Crippen molar-refractivity contribution in [2.24, 2.45) is 0 Å². The zero-order valence-electron chi connectivity index (χ0n) is 10.6. The molecule has 2 rings (SSSR count). The second kappa shape index (κ2) is 6.81. The third kappa shape index (κ3) is 3.89. The normalized spacial score (nSPS) is 10.5. The molecule has 0 saturated heterocycles. The number of furan rings is 1. The lowest BCUT2D eigenvalue weighted by molar-refractivity contribution is 0.260. The Labute approximate surface area is 107 Å². The number of pyridine rings is 1. The van der Waals surface area contributed by atoms with Crippen LogP contribution in [0.1, 0.15) is 24.7 Å². The van der Waals surface area contributed by atoms with Gasteiger partial charge in [-0.15, -0.1) is 0 Å². The summed E-state index contributed by atoms with van der Waals surface area (Å²) >= 11 is 0. The Kier molecular flexibility index (Phi) is 4.78. The topological polar surface area (TPSA) is 47.3 Å². The van der Waals surface area contributed by atoms with Gasteiger partial charge in [0.1, 0.15) is 12.4 Å². The van der Waals surface area contributed by atoms with Crippen molar-refractivity contribution in [2.75, 3.05) is 6.54 Å². The molecule has 4 nitrogen and oxygen atoms in total. The lowest BCUT2D eigenvalue weighted by atomic mass is 10.3. The second-order valence-corrected chi connectivity index (χ2v) is 4.05. The van der Waals surface area contributed by atoms with Gasteiger partial charge in [0.2, 0.25) is 5.88 Å². The Morgan fingerprint density at radius 3 is 2.94 bits per heavy atom. The third-order valence-corrected chi connectivity index (χ3v) is 2.50. The number of rotatable bonds is 7. The summed E-state index contributed by atoms with van der Waals surface area (Å²) in [6, 6.07) is 7.62. The molecule has 2 heterocycles. The molecule has 0 fully saturated rings. The largest absolute Gasteiger partial charge is 0.469 e. The fourth-order valence-electron chi connectivity index (χ4n) is 1.55. The van der Waals surface area contributed by atoms with Crippen LogP contribution in [0.5, 0.6) is 5.88 Å². The SMILES string of the molecule is CCCNCc1ccc(OCc2ccco2)nc1. The van der Waals surface area contributed by atoms with Gasteiger partial charge in [-0.3, -0.25) is 0 Å². The number of ether oxygens (including phenoxy) is 1. The van der Waals surface area contributed by atoms with E-state index in [4.69, 9.17) is 9.15 Å². The molecule has 0 aromatic carbocycles. The van der Waals surface area contributed by atoms with Gasteiger partial charge < -0.3 is 14.5 Å². The van der Waals surface area contributed by atoms with Crippen LogP contribution < -0.4 is 10.1 Å². The maximum absolute atomic E-state index is 5.51. The summed E-state index contributed by atoms with van der Waals surface area (Å²) in [6.07, 6.45) is 4.60. The van der Waals surface area contributed by atoms with Gasteiger partial charge in [-0.25, -0.2) is 4.98 Å². The molecular weight excluding hydrogens is 228 g/mol. The molecule has 0 unspecified atom stereocenters. The van der Waals surface area contributed by atoms with E-state index in [-0.39, 0.29) is 0 Å². The summed E-state index contributed by atoms with van der Waals surface area (Å²) in [4.78, 5) is 4.25. The average molecular weight is 246 g/mol. The first-order valence-electron chi connectivity index (χ1n) is 6.19. The van der Waals surface area contributed by atoms with E-state index >= 15 is 0 Å². The molecule has 4 heteroatoms. The van der Waals surface area contributed by atoms with Crippen molar-refractivity contribution in [3.05, 3.63) is 48.0 Å². The minimum Gasteiger partial charge on any atom is -0.469 e. The van der Waals surface area contributed by atoms with E-state index < -0.39 is 0 Å². The first kappa shape index (κ1) is 12.6. The van der Waals surface area contributed by atoms with E-state index in [1.807, 2.05) is 30.5 Å². The molecule has 0 spiro atoms. The van der Waals surface area contributed by atoms with Crippen LogP contribution in [0.4, 0.5) is 0 Å². The van der Waals surface area contributed by atoms with Crippen LogP contribution in [0.25, 0.3) is 0 Å². The highest BCUT2D eigenvalue weighted by Gasteiger charge is 1.99. The van der Waals surface area contributed by atoms with Crippen molar-refractivity contribution in [3.8, 4) is 5.88 Å². The highest BCUT2D eigenvalue weighted by molar-refractivity contribution is 5.17. The van der Waals surface area contributed by atoms with Crippen LogP contribution in [0, 0.1) is 0 Å². The van der Waals surface area contributed by atoms with Crippen LogP contribution >= 0.6 is 0 Å². The summed E-state index contributed by atoms with van der Waals surface area (Å²) < 4.78 is 10.7. The van der Waals surface area contributed by atoms with E-state index in [0.717, 1.165) is 30.8 Å². The van der Waals surface area contributed by atoms with Gasteiger partial charge >= 0.3 is 0 Å². The fraction of sp³-hybridized carbons (Fsp3) is 0.357. The first-order valence-corrected chi connectivity index (χ1v) is 6.19. The maximum atomic E-state index is 5.51. The summed E-state index contributed by atoms with van der Waals surface area (Å²) in [5, 5.41) is 3.33. The molecule has 0 aliphatic heterocycles. The number of hydrogen-bond donors (Lipinski definition) is 1. The van der Waals surface area contributed by atoms with Crippen LogP contribution in [-0.2, 0) is 13.2 Å². The fourth-order valence-corrected chi connectivity index (χ4v) is 1.55. The number of aromatic nitrogens is 1. The number of nitrogens with one attached hydrogen (secondary N) is 1. The van der Waals surface area contributed by atoms with Gasteiger partial charge in [0.15, 0.2) is 0 Å². The van der Waals surface area contributed by atoms with E-state index in [0.29, 0.717) is 12.5 Å². The molecular formula is C14H18N2O2. The van der Waals surface area contributed by atoms with Gasteiger partial charge in [-0.2, -0.15) is 0 Å². The first-order chi connectivity index (χ1) is 8.88. The van der Waals surface area contributed by atoms with Crippen LogP contribution in [0.2, 0.25) is 0 Å². The summed E-state index contributed by atoms with van der Waals surface area (Å²) in [6.45, 7) is 4.43. The molecule has 0 aliphatic carbocycles. The standard InChI is InChI=1S/C14H18N2O2/c1-2-7-15-9-12-5-6-14(16-10-12)18-11-13-4-3-8-17-13/h3-6,8,10,15H,2,7,9,11H2,1H3. The van der Waals surface area contributed by atoms with Gasteiger partial charge in [0.25, 0.3) is 0 Å². The second-order valence-electron chi connectivity index (χ2n) is 4.05. The smallest absolute Gasteiger partial charge is 0.213 e. The maximum Gasteiger partial charge on any atom is 0.213 e. The Balaban J connectivity index is 1.80. The molecule has 18 heavy (non-hydrogen) atoms. The van der Waals surface area contributed by atoms with Gasteiger partial charge in [0.05, 0.1) is 6.26 Å². The molecule has 0 saturated carbocycles. The lowest BCUT2D eigenvalue weighted by Crippen LogP contribution is -2.13. The average Bonchev–Trinajstić information content (AvgIpc) is 2.91. The zero-order valence-corrected chi connectivity index (χ0v) is 10.6. The van der Waals surface area contributed by atoms with Crippen LogP contribution in [0.3, 0.4) is 0 Å². The molecule has 0 amide bonds. The van der Waals surface area contributed by atoms with Crippen molar-refractivity contribution in [1.82, 2.24) is 10.3 Å². The van der Waals surface area contributed by atoms with Crippen LogP contribution in [-0.4, -0.2) is 11.5 Å². The van der Waals surface area contributed by atoms with E-state index in [9.17, 15) is 0 Å². The van der Waals surface area contributed by atoms with Crippen LogP contribution in [0.15, 0.2) is 41.1 Å². The summed E-state index contributed by atoms with van der Waals surface area (Å²) in [7, 11) is 0. The molecule has 0 aliphatic rings. The number of hydrogen-bond acceptors (Lipinski definition) is 4. The third-order valence-electron chi connectivity index (χ3n) is 2.50. The Hall–Kier alpha value is -1.81. The van der Waals surface area contributed by atoms with Gasteiger partial charge in [-0.1, -0.05) is 13.0 Å². The Morgan fingerprint density at radius 1 is 1.33 bits per heavy atom. The quantitative estimate of drug-likeness (QED) is 0.763. The highest BCUT2D eigenvalue weighted by Crippen LogP contribution is 2.10. The predicted octanol–water partition coefficient (Wildman–Crippen LogP) is 2.75. The van der Waals surface area contributed by atoms with Crippen molar-refractivity contribution >= 4 is 0 Å². The lowest BCUT2D eigenvalue weighted by Gasteiger charge is -2.05. The monoisotopic (exact) mass is 246 g/mol. The Bertz CT molecular complexity index is 437. The van der Waals surface area contributed by atoms with Crippen molar-refractivity contribution < 1.29 is 9.15 Å². The zero-order chi connectivity index (χ0) is 12.6. The molecule has 0 bridgehead atoms. The van der Waals surface area contributed by atoms with Gasteiger partial charge in [0, 0.05) is 18.8 Å². The minimum absolute atomic E-state index is 0.410. The molecule has 96 valence electrons. The molecule has 0 radical (unpaired) electrons. The van der Waals surface area contributed by atoms with E-state index in [2.05, 4.69) is 17.2 Å². The molecule has 2 aromatic rings. The Morgan fingerprint density at radius 2 is 2.28 bits per heavy atom. The molecule has 1 N–H and O–H groups in total. The van der Waals surface area contributed by atoms with E-state index in [1.54, 1.807) is 6.26 Å². The highest BCUT2D eigenvalue weighted by atomic mass is 16.5. The number of nitrogens with zero attached hydrogens (tertiary/aromatic N) is 1. The minimum atomic E-state index is 0.410. The van der Waals surface area contributed by atoms with Gasteiger partial charge in [-0.05, 0) is 30.7 Å². The molecule has 2 aromatic heterocycles. The van der Waals surface area contributed by atoms with Crippen molar-refractivity contribution in [3.63, 3.8) is 0 Å².